The molecule has 2 nitrogen and oxygen atoms in total. The van der Waals surface area contributed by atoms with E-state index in [2.05, 4.69) is 0 Å². The zero-order valence-electron chi connectivity index (χ0n) is 3.46. The van der Waals surface area contributed by atoms with Crippen LogP contribution in [0.5, 0.6) is 0 Å². The molecule has 36 valence electrons. The van der Waals surface area contributed by atoms with Crippen molar-refractivity contribution in [2.45, 2.75) is 25.0 Å². The Balaban J connectivity index is 2.11. The third-order valence-electron chi connectivity index (χ3n) is 1.09. The molecule has 0 radical (unpaired) electrons. The Morgan fingerprint density at radius 2 is 1.33 bits per heavy atom. The van der Waals surface area contributed by atoms with Crippen LogP contribution >= 0.6 is 0 Å². The zero-order valence-corrected chi connectivity index (χ0v) is 3.46. The molecule has 0 saturated heterocycles. The molecular weight excluding hydrogens is 80.0 g/mol. The average molecular weight is 88.1 g/mol. The Kier molecular flexibility index (Phi) is 0.821. The van der Waals surface area contributed by atoms with Crippen LogP contribution in [0.4, 0.5) is 0 Å². The van der Waals surface area contributed by atoms with Crippen molar-refractivity contribution in [3.8, 4) is 0 Å². The molecule has 0 aromatic carbocycles. The maximum absolute atomic E-state index is 8.46. The normalized spacial score (nSPS) is 45.0. The van der Waals surface area contributed by atoms with Gasteiger partial charge < -0.3 is 10.2 Å². The molecule has 2 heteroatoms. The Labute approximate surface area is 36.4 Å². The summed E-state index contributed by atoms with van der Waals surface area (Å²) in [6.45, 7) is 0. The number of rotatable bonds is 0. The van der Waals surface area contributed by atoms with Crippen LogP contribution in [0.2, 0.25) is 0 Å². The van der Waals surface area contributed by atoms with Crippen molar-refractivity contribution in [1.82, 2.24) is 0 Å². The smallest absolute Gasteiger partial charge is 0.0589 e. The van der Waals surface area contributed by atoms with Gasteiger partial charge in [0.1, 0.15) is 0 Å². The van der Waals surface area contributed by atoms with Crippen LogP contribution in [0.25, 0.3) is 0 Å². The molecule has 1 saturated carbocycles. The summed E-state index contributed by atoms with van der Waals surface area (Å²) in [4.78, 5) is 0. The number of aliphatic hydroxyl groups excluding tert-OH is 2. The fraction of sp³-hybridized carbons (Fsp3) is 1.00. The van der Waals surface area contributed by atoms with Crippen LogP contribution in [0.3, 0.4) is 0 Å². The van der Waals surface area contributed by atoms with Crippen molar-refractivity contribution < 1.29 is 10.2 Å². The summed E-state index contributed by atoms with van der Waals surface area (Å²) in [6, 6.07) is 0. The largest absolute Gasteiger partial charge is 0.393 e. The van der Waals surface area contributed by atoms with Gasteiger partial charge in [0, 0.05) is 0 Å². The van der Waals surface area contributed by atoms with E-state index in [4.69, 9.17) is 10.2 Å². The van der Waals surface area contributed by atoms with Crippen LogP contribution < -0.4 is 0 Å². The number of aliphatic hydroxyl groups is 2. The highest BCUT2D eigenvalue weighted by molar-refractivity contribution is 4.76. The highest BCUT2D eigenvalue weighted by Gasteiger charge is 2.23. The van der Waals surface area contributed by atoms with Crippen LogP contribution in [-0.4, -0.2) is 22.4 Å². The SMILES string of the molecule is O[C@H]1C[C@H](O)C1. The maximum Gasteiger partial charge on any atom is 0.0589 e. The molecule has 0 aromatic rings. The van der Waals surface area contributed by atoms with Gasteiger partial charge in [-0.3, -0.25) is 0 Å². The molecule has 0 spiro atoms. The van der Waals surface area contributed by atoms with E-state index in [1.165, 1.54) is 0 Å². The zero-order chi connectivity index (χ0) is 4.57. The first-order valence-corrected chi connectivity index (χ1v) is 2.15. The van der Waals surface area contributed by atoms with Gasteiger partial charge >= 0.3 is 0 Å². The van der Waals surface area contributed by atoms with E-state index in [9.17, 15) is 0 Å². The lowest BCUT2D eigenvalue weighted by Gasteiger charge is -2.25. The van der Waals surface area contributed by atoms with E-state index in [-0.39, 0.29) is 12.2 Å². The summed E-state index contributed by atoms with van der Waals surface area (Å²) in [7, 11) is 0. The Bertz CT molecular complexity index is 41.5. The fourth-order valence-corrected chi connectivity index (χ4v) is 0.559. The van der Waals surface area contributed by atoms with E-state index < -0.39 is 0 Å². The molecule has 0 heterocycles. The second kappa shape index (κ2) is 1.21. The minimum Gasteiger partial charge on any atom is -0.393 e. The Morgan fingerprint density at radius 1 is 1.00 bits per heavy atom. The topological polar surface area (TPSA) is 40.5 Å². The summed E-state index contributed by atoms with van der Waals surface area (Å²) in [6.07, 6.45) is 0.750. The van der Waals surface area contributed by atoms with Crippen LogP contribution in [-0.2, 0) is 0 Å². The van der Waals surface area contributed by atoms with Gasteiger partial charge in [-0.25, -0.2) is 0 Å². The van der Waals surface area contributed by atoms with Gasteiger partial charge in [0.05, 0.1) is 12.2 Å². The molecule has 0 bridgehead atoms. The lowest BCUT2D eigenvalue weighted by molar-refractivity contribution is -0.0250. The molecule has 0 aromatic heterocycles. The molecule has 0 atom stereocenters. The molecule has 0 amide bonds. The van der Waals surface area contributed by atoms with Gasteiger partial charge in [0.2, 0.25) is 0 Å². The first-order valence-electron chi connectivity index (χ1n) is 2.15. The van der Waals surface area contributed by atoms with Crippen molar-refractivity contribution >= 4 is 0 Å². The lowest BCUT2D eigenvalue weighted by Crippen LogP contribution is -2.32. The number of hydrogen-bond donors (Lipinski definition) is 2. The quantitative estimate of drug-likeness (QED) is 0.419. The van der Waals surface area contributed by atoms with E-state index in [1.807, 2.05) is 0 Å². The summed E-state index contributed by atoms with van der Waals surface area (Å²) in [5.74, 6) is 0. The standard InChI is InChI=1S/C4H8O2/c5-3-1-4(6)2-3/h3-6H,1-2H2/t3-,4-. The van der Waals surface area contributed by atoms with Crippen molar-refractivity contribution in [3.05, 3.63) is 0 Å². The van der Waals surface area contributed by atoms with Crippen molar-refractivity contribution in [2.75, 3.05) is 0 Å². The summed E-state index contributed by atoms with van der Waals surface area (Å²) < 4.78 is 0. The van der Waals surface area contributed by atoms with Crippen LogP contribution in [0.15, 0.2) is 0 Å². The first-order chi connectivity index (χ1) is 2.79. The molecule has 6 heavy (non-hydrogen) atoms. The molecule has 0 aliphatic heterocycles. The van der Waals surface area contributed by atoms with E-state index >= 15 is 0 Å². The van der Waals surface area contributed by atoms with Gasteiger partial charge in [-0.1, -0.05) is 0 Å². The maximum atomic E-state index is 8.46. The minimum absolute atomic E-state index is 0.208. The molecule has 1 aliphatic rings. The molecular formula is C4H8O2. The molecule has 1 fully saturated rings. The van der Waals surface area contributed by atoms with E-state index in [0.717, 1.165) is 0 Å². The summed E-state index contributed by atoms with van der Waals surface area (Å²) in [5, 5.41) is 16.9. The van der Waals surface area contributed by atoms with Gasteiger partial charge in [-0.2, -0.15) is 0 Å². The Hall–Kier alpha value is -0.0800. The summed E-state index contributed by atoms with van der Waals surface area (Å²) >= 11 is 0. The lowest BCUT2D eigenvalue weighted by atomic mass is 9.93. The van der Waals surface area contributed by atoms with Crippen molar-refractivity contribution in [2.24, 2.45) is 0 Å². The predicted molar refractivity (Wildman–Crippen MR) is 21.2 cm³/mol. The van der Waals surface area contributed by atoms with E-state index in [1.54, 1.807) is 0 Å². The average Bonchev–Trinajstić information content (AvgIpc) is 1.33. The second-order valence-electron chi connectivity index (χ2n) is 1.78. The number of hydrogen-bond acceptors (Lipinski definition) is 2. The van der Waals surface area contributed by atoms with E-state index in [0.29, 0.717) is 12.8 Å². The second-order valence-corrected chi connectivity index (χ2v) is 1.78. The van der Waals surface area contributed by atoms with Crippen LogP contribution in [0.1, 0.15) is 12.8 Å². The molecule has 0 unspecified atom stereocenters. The van der Waals surface area contributed by atoms with Gasteiger partial charge in [0.25, 0.3) is 0 Å². The van der Waals surface area contributed by atoms with Gasteiger partial charge in [-0.05, 0) is 12.8 Å². The summed E-state index contributed by atoms with van der Waals surface area (Å²) in [5.41, 5.74) is 0. The third kappa shape index (κ3) is 0.533. The monoisotopic (exact) mass is 88.1 g/mol. The van der Waals surface area contributed by atoms with Gasteiger partial charge in [-0.15, -0.1) is 0 Å². The highest BCUT2D eigenvalue weighted by Crippen LogP contribution is 2.17. The van der Waals surface area contributed by atoms with Crippen molar-refractivity contribution in [1.29, 1.82) is 0 Å². The highest BCUT2D eigenvalue weighted by atomic mass is 16.3. The van der Waals surface area contributed by atoms with Crippen molar-refractivity contribution in [3.63, 3.8) is 0 Å². The first kappa shape index (κ1) is 4.09. The van der Waals surface area contributed by atoms with Crippen LogP contribution in [0, 0.1) is 0 Å². The molecule has 2 N–H and O–H groups in total. The predicted octanol–water partition coefficient (Wildman–Crippen LogP) is -0.498. The molecule has 1 rings (SSSR count). The Morgan fingerprint density at radius 3 is 1.33 bits per heavy atom. The fourth-order valence-electron chi connectivity index (χ4n) is 0.559. The minimum atomic E-state index is -0.208. The molecule has 1 aliphatic carbocycles. The third-order valence-corrected chi connectivity index (χ3v) is 1.09. The van der Waals surface area contributed by atoms with Gasteiger partial charge in [0.15, 0.2) is 0 Å².